The molecule has 0 atom stereocenters. The number of rotatable bonds is 3. The van der Waals surface area contributed by atoms with E-state index < -0.39 is 0 Å². The molecule has 0 aliphatic carbocycles. The van der Waals surface area contributed by atoms with E-state index in [2.05, 4.69) is 5.32 Å². The Hall–Kier alpha value is -2.30. The van der Waals surface area contributed by atoms with Gasteiger partial charge in [0.2, 0.25) is 0 Å². The molecule has 1 aromatic rings. The number of benzene rings is 1. The summed E-state index contributed by atoms with van der Waals surface area (Å²) in [6.45, 7) is 0. The zero-order valence-corrected chi connectivity index (χ0v) is 10.6. The normalized spacial score (nSPS) is 14.8. The van der Waals surface area contributed by atoms with E-state index in [1.54, 1.807) is 0 Å². The molecule has 0 aromatic heterocycles. The molecule has 5 nitrogen and oxygen atoms in total. The van der Waals surface area contributed by atoms with Gasteiger partial charge in [0, 0.05) is 38.6 Å². The Balaban J connectivity index is 2.13. The molecule has 0 saturated carbocycles. The van der Waals surface area contributed by atoms with Crippen LogP contribution >= 0.6 is 0 Å². The first kappa shape index (κ1) is 12.2. The SMILES string of the molecule is CN1C(=O)C=C(Nc2ccc(N(C)C)cc2)C1=O. The summed E-state index contributed by atoms with van der Waals surface area (Å²) in [6.07, 6.45) is 1.31. The first-order valence-corrected chi connectivity index (χ1v) is 5.57. The Morgan fingerprint density at radius 2 is 1.72 bits per heavy atom. The van der Waals surface area contributed by atoms with Gasteiger partial charge in [-0.3, -0.25) is 14.5 Å². The molecular formula is C13H15N3O2. The molecule has 5 heteroatoms. The van der Waals surface area contributed by atoms with Crippen molar-refractivity contribution in [2.45, 2.75) is 0 Å². The van der Waals surface area contributed by atoms with Crippen LogP contribution < -0.4 is 10.2 Å². The molecule has 1 aliphatic heterocycles. The molecule has 0 spiro atoms. The minimum atomic E-state index is -0.309. The summed E-state index contributed by atoms with van der Waals surface area (Å²) in [5, 5.41) is 2.95. The van der Waals surface area contributed by atoms with Gasteiger partial charge in [0.15, 0.2) is 0 Å². The van der Waals surface area contributed by atoms with Crippen LogP contribution in [0.4, 0.5) is 11.4 Å². The van der Waals surface area contributed by atoms with E-state index in [1.165, 1.54) is 13.1 Å². The van der Waals surface area contributed by atoms with Gasteiger partial charge in [-0.2, -0.15) is 0 Å². The third kappa shape index (κ3) is 2.20. The highest BCUT2D eigenvalue weighted by molar-refractivity contribution is 6.17. The highest BCUT2D eigenvalue weighted by atomic mass is 16.2. The van der Waals surface area contributed by atoms with E-state index in [4.69, 9.17) is 0 Å². The second-order valence-corrected chi connectivity index (χ2v) is 4.33. The molecule has 1 aliphatic rings. The number of carbonyl (C=O) groups excluding carboxylic acids is 2. The third-order valence-corrected chi connectivity index (χ3v) is 2.80. The Kier molecular flexibility index (Phi) is 3.06. The van der Waals surface area contributed by atoms with Gasteiger partial charge in [-0.1, -0.05) is 0 Å². The van der Waals surface area contributed by atoms with Crippen LogP contribution in [-0.2, 0) is 9.59 Å². The summed E-state index contributed by atoms with van der Waals surface area (Å²) in [5.41, 5.74) is 2.16. The van der Waals surface area contributed by atoms with Crippen molar-refractivity contribution in [1.82, 2.24) is 4.90 Å². The lowest BCUT2D eigenvalue weighted by atomic mass is 10.2. The van der Waals surface area contributed by atoms with E-state index in [1.807, 2.05) is 43.3 Å². The molecular weight excluding hydrogens is 230 g/mol. The van der Waals surface area contributed by atoms with E-state index in [0.717, 1.165) is 16.3 Å². The van der Waals surface area contributed by atoms with Gasteiger partial charge in [-0.15, -0.1) is 0 Å². The number of carbonyl (C=O) groups is 2. The Morgan fingerprint density at radius 3 is 2.17 bits per heavy atom. The van der Waals surface area contributed by atoms with Gasteiger partial charge >= 0.3 is 0 Å². The van der Waals surface area contributed by atoms with Crippen LogP contribution in [0.1, 0.15) is 0 Å². The predicted molar refractivity (Wildman–Crippen MR) is 70.3 cm³/mol. The Morgan fingerprint density at radius 1 is 1.11 bits per heavy atom. The fraction of sp³-hybridized carbons (Fsp3) is 0.231. The van der Waals surface area contributed by atoms with E-state index >= 15 is 0 Å². The van der Waals surface area contributed by atoms with Crippen LogP contribution in [0.25, 0.3) is 0 Å². The number of anilines is 2. The fourth-order valence-electron chi connectivity index (χ4n) is 1.65. The highest BCUT2D eigenvalue weighted by Crippen LogP contribution is 2.19. The van der Waals surface area contributed by atoms with Crippen molar-refractivity contribution in [2.24, 2.45) is 0 Å². The molecule has 2 rings (SSSR count). The lowest BCUT2D eigenvalue weighted by molar-refractivity contribution is -0.135. The van der Waals surface area contributed by atoms with E-state index in [9.17, 15) is 9.59 Å². The molecule has 1 aromatic carbocycles. The van der Waals surface area contributed by atoms with Crippen LogP contribution in [0.15, 0.2) is 36.0 Å². The molecule has 0 unspecified atom stereocenters. The summed E-state index contributed by atoms with van der Waals surface area (Å²) in [7, 11) is 5.38. The van der Waals surface area contributed by atoms with Gasteiger partial charge in [0.1, 0.15) is 5.70 Å². The second-order valence-electron chi connectivity index (χ2n) is 4.33. The lowest BCUT2D eigenvalue weighted by Crippen LogP contribution is -2.27. The van der Waals surface area contributed by atoms with Crippen molar-refractivity contribution in [3.63, 3.8) is 0 Å². The van der Waals surface area contributed by atoms with E-state index in [0.29, 0.717) is 5.70 Å². The number of imide groups is 1. The average molecular weight is 245 g/mol. The summed E-state index contributed by atoms with van der Waals surface area (Å²) >= 11 is 0. The number of likely N-dealkylation sites (N-methyl/N-ethyl adjacent to an activating group) is 1. The number of amides is 2. The first-order valence-electron chi connectivity index (χ1n) is 5.57. The van der Waals surface area contributed by atoms with Crippen molar-refractivity contribution in [2.75, 3.05) is 31.4 Å². The Bertz CT molecular complexity index is 518. The van der Waals surface area contributed by atoms with Crippen molar-refractivity contribution in [1.29, 1.82) is 0 Å². The third-order valence-electron chi connectivity index (χ3n) is 2.80. The lowest BCUT2D eigenvalue weighted by Gasteiger charge is -2.13. The first-order chi connectivity index (χ1) is 8.49. The monoisotopic (exact) mass is 245 g/mol. The molecule has 0 saturated heterocycles. The number of nitrogens with zero attached hydrogens (tertiary/aromatic N) is 2. The van der Waals surface area contributed by atoms with Crippen molar-refractivity contribution < 1.29 is 9.59 Å². The molecule has 0 fully saturated rings. The molecule has 0 bridgehead atoms. The van der Waals surface area contributed by atoms with Crippen LogP contribution in [0.2, 0.25) is 0 Å². The molecule has 2 amide bonds. The van der Waals surface area contributed by atoms with Crippen LogP contribution in [0.5, 0.6) is 0 Å². The molecule has 1 N–H and O–H groups in total. The van der Waals surface area contributed by atoms with Gasteiger partial charge in [0.05, 0.1) is 0 Å². The Labute approximate surface area is 106 Å². The summed E-state index contributed by atoms with van der Waals surface area (Å²) < 4.78 is 0. The minimum Gasteiger partial charge on any atom is -0.378 e. The number of hydrogen-bond donors (Lipinski definition) is 1. The van der Waals surface area contributed by atoms with E-state index in [-0.39, 0.29) is 11.8 Å². The van der Waals surface area contributed by atoms with Crippen LogP contribution in [0, 0.1) is 0 Å². The summed E-state index contributed by atoms with van der Waals surface area (Å²) in [4.78, 5) is 26.0. The van der Waals surface area contributed by atoms with Crippen molar-refractivity contribution in [3.8, 4) is 0 Å². The van der Waals surface area contributed by atoms with Gasteiger partial charge < -0.3 is 10.2 Å². The zero-order chi connectivity index (χ0) is 13.3. The molecule has 18 heavy (non-hydrogen) atoms. The fourth-order valence-corrected chi connectivity index (χ4v) is 1.65. The number of nitrogens with one attached hydrogen (secondary N) is 1. The maximum Gasteiger partial charge on any atom is 0.277 e. The highest BCUT2D eigenvalue weighted by Gasteiger charge is 2.27. The second kappa shape index (κ2) is 4.52. The largest absolute Gasteiger partial charge is 0.378 e. The maximum atomic E-state index is 11.7. The molecule has 0 radical (unpaired) electrons. The molecule has 1 heterocycles. The standard InChI is InChI=1S/C13H15N3O2/c1-15(2)10-6-4-9(5-7-10)14-11-8-12(17)16(3)13(11)18/h4-8,14H,1-3H3. The van der Waals surface area contributed by atoms with Crippen molar-refractivity contribution >= 4 is 23.2 Å². The van der Waals surface area contributed by atoms with Crippen LogP contribution in [0.3, 0.4) is 0 Å². The number of hydrogen-bond acceptors (Lipinski definition) is 4. The van der Waals surface area contributed by atoms with Crippen molar-refractivity contribution in [3.05, 3.63) is 36.0 Å². The summed E-state index contributed by atoms with van der Waals surface area (Å²) in [5.74, 6) is -0.607. The zero-order valence-electron chi connectivity index (χ0n) is 10.6. The topological polar surface area (TPSA) is 52.7 Å². The maximum absolute atomic E-state index is 11.7. The van der Waals surface area contributed by atoms with Crippen LogP contribution in [-0.4, -0.2) is 37.9 Å². The molecule has 94 valence electrons. The van der Waals surface area contributed by atoms with Gasteiger partial charge in [-0.25, -0.2) is 0 Å². The minimum absolute atomic E-state index is 0.299. The quantitative estimate of drug-likeness (QED) is 0.809. The predicted octanol–water partition coefficient (Wildman–Crippen LogP) is 1.05. The summed E-state index contributed by atoms with van der Waals surface area (Å²) in [6, 6.07) is 7.61. The van der Waals surface area contributed by atoms with Gasteiger partial charge in [-0.05, 0) is 24.3 Å². The smallest absolute Gasteiger partial charge is 0.277 e. The average Bonchev–Trinajstić information content (AvgIpc) is 2.58. The van der Waals surface area contributed by atoms with Gasteiger partial charge in [0.25, 0.3) is 11.8 Å².